The average molecular weight is 1770 g/mol. The van der Waals surface area contributed by atoms with Crippen molar-refractivity contribution in [1.29, 1.82) is 10.5 Å². The maximum Gasteiger partial charge on any atom is 0.324 e. The number of rotatable bonds is 19. The first kappa shape index (κ1) is 96.0. The number of aromatic nitrogens is 10. The molecule has 6 aromatic carbocycles. The van der Waals surface area contributed by atoms with Crippen LogP contribution in [0, 0.1) is 74.1 Å². The summed E-state index contributed by atoms with van der Waals surface area (Å²) >= 11 is 2.45. The summed E-state index contributed by atoms with van der Waals surface area (Å²) in [4.78, 5) is 59.9. The van der Waals surface area contributed by atoms with Gasteiger partial charge in [0.1, 0.15) is 4.98 Å². The molecule has 3 saturated heterocycles. The first-order chi connectivity index (χ1) is 58.9. The van der Waals surface area contributed by atoms with Gasteiger partial charge in [-0.2, -0.15) is 35.8 Å². The normalized spacial score (nSPS) is 13.9. The van der Waals surface area contributed by atoms with Gasteiger partial charge in [0.25, 0.3) is 16.7 Å². The SMILES string of the molecule is CCN(CC)CC.CN1CCC(N(C)C#N)CC1.CN1CCC(N(C)c2nc(-c3cccc(Cn4nc(-c5cc(F)c(F)c(F)c5)ccc4=O)c3)no2)CC1.CNC1CCN(C)CC1.N#CBr.N/C(=N\O)c1cccc(Cn2nc(-c3cc(F)c(F)c(F)c3)ccc2=O)c1.Nc1nc(-c2cccc(Cn3nc(-c4cc(F)c(F)c(F)c4)ccc3=O)c2)no1. The van der Waals surface area contributed by atoms with Gasteiger partial charge in [0.2, 0.25) is 11.6 Å². The Morgan fingerprint density at radius 1 is 0.520 bits per heavy atom. The first-order valence-electron chi connectivity index (χ1n) is 39.1. The number of nitrogens with zero attached hydrogens (tertiary/aromatic N) is 19. The van der Waals surface area contributed by atoms with E-state index in [1.165, 1.54) is 86.6 Å². The topological polar surface area (TPSA) is 346 Å². The van der Waals surface area contributed by atoms with E-state index in [4.69, 9.17) is 36.2 Å². The van der Waals surface area contributed by atoms with Gasteiger partial charge in [-0.15, -0.1) is 0 Å². The quantitative estimate of drug-likeness (QED) is 0.00854. The second kappa shape index (κ2) is 47.1. The fourth-order valence-corrected chi connectivity index (χ4v) is 13.1. The van der Waals surface area contributed by atoms with Gasteiger partial charge in [-0.1, -0.05) is 90.8 Å². The lowest BCUT2D eigenvalue weighted by Crippen LogP contribution is -2.42. The largest absolute Gasteiger partial charge is 0.409 e. The minimum absolute atomic E-state index is 0.00572. The van der Waals surface area contributed by atoms with Crippen LogP contribution in [-0.4, -0.2) is 204 Å². The summed E-state index contributed by atoms with van der Waals surface area (Å²) in [5.41, 5.74) is 13.9. The number of nitrogens with two attached hydrogens (primary N) is 2. The molecule has 3 aliphatic heterocycles. The van der Waals surface area contributed by atoms with Gasteiger partial charge in [0.15, 0.2) is 64.4 Å². The number of hydrogen-bond acceptors (Lipinski definition) is 24. The van der Waals surface area contributed by atoms with Crippen molar-refractivity contribution in [3.63, 3.8) is 0 Å². The van der Waals surface area contributed by atoms with Gasteiger partial charge < -0.3 is 60.4 Å². The standard InChI is InChI=1S/C26H25F3N6O2.C19H12F3N5O2.C18H13F3N4O2.C8H15N3.C7H16N2.C6H15N.CBrN/c1-33-10-8-19(9-11-33)34(2)26-30-25(32-37-26)17-5-3-4-16(12-17)15-35-23(36)7-6-22(31-35)18-13-20(27)24(29)21(28)14-18;20-13-7-12(8-14(21)17(13)22)15-4-5-16(28)27(25-15)9-10-2-1-3-11(6-10)18-24-19(23)29-26-18;19-13-7-12(8-14(20)17(13)21)15-4-5-16(26)25(23-15)9-10-2-1-3-11(6-10)18(22)24-27;1-10-5-3-8(4-6-10)11(2)7-9;1-8-7-3-5-9(2)6-4-7;1-4-7(5-2)6-3;2-1-3/h3-7,12-14,19H,8-11,15H2,1-2H3;1-8H,9H2,(H2,23,24,26);1-8,27H,9H2,(H2,22,24);8H,3-6H2,1-2H3;7-8H,3-6H2,1-2H3;4-6H2,1-3H3;. The fraction of sp³-hybridized carbons (Fsp3) is 0.353. The molecule has 0 aliphatic carbocycles. The lowest BCUT2D eigenvalue weighted by atomic mass is 10.0. The number of benzene rings is 6. The van der Waals surface area contributed by atoms with Crippen LogP contribution in [0.25, 0.3) is 56.5 Å². The number of nitrogen functional groups attached to an aromatic ring is 1. The van der Waals surface area contributed by atoms with E-state index < -0.39 is 69.0 Å². The third-order valence-electron chi connectivity index (χ3n) is 20.4. The summed E-state index contributed by atoms with van der Waals surface area (Å²) in [6, 6.07) is 35.3. The van der Waals surface area contributed by atoms with Crippen molar-refractivity contribution in [1.82, 2.24) is 79.4 Å². The zero-order valence-corrected chi connectivity index (χ0v) is 70.8. The highest BCUT2D eigenvalue weighted by Crippen LogP contribution is 2.29. The fourth-order valence-electron chi connectivity index (χ4n) is 13.1. The van der Waals surface area contributed by atoms with Crippen LogP contribution in [0.2, 0.25) is 0 Å². The molecular weight excluding hydrogens is 1680 g/mol. The zero-order chi connectivity index (χ0) is 89.6. The number of nitriles is 2. The number of piperidine rings is 3. The highest BCUT2D eigenvalue weighted by Gasteiger charge is 2.26. The molecular formula is C85H96BrF9N22O6. The molecule has 6 N–H and O–H groups in total. The second-order valence-electron chi connectivity index (χ2n) is 28.8. The van der Waals surface area contributed by atoms with Crippen molar-refractivity contribution in [3.8, 4) is 67.7 Å². The van der Waals surface area contributed by atoms with E-state index in [0.717, 1.165) is 109 Å². The molecule has 0 amide bonds. The molecule has 0 spiro atoms. The van der Waals surface area contributed by atoms with Crippen molar-refractivity contribution in [2.75, 3.05) is 112 Å². The molecule has 3 aliphatic rings. The Morgan fingerprint density at radius 3 is 1.21 bits per heavy atom. The molecule has 123 heavy (non-hydrogen) atoms. The van der Waals surface area contributed by atoms with Crippen LogP contribution in [0.3, 0.4) is 0 Å². The van der Waals surface area contributed by atoms with Gasteiger partial charge in [-0.05, 0) is 215 Å². The first-order valence-corrected chi connectivity index (χ1v) is 39.9. The van der Waals surface area contributed by atoms with Crippen LogP contribution in [0.15, 0.2) is 174 Å². The third kappa shape index (κ3) is 28.0. The van der Waals surface area contributed by atoms with Crippen LogP contribution >= 0.6 is 15.9 Å². The maximum absolute atomic E-state index is 13.7. The van der Waals surface area contributed by atoms with Crippen LogP contribution in [0.4, 0.5) is 51.5 Å². The molecule has 0 radical (unpaired) electrons. The summed E-state index contributed by atoms with van der Waals surface area (Å²) in [5, 5.41) is 51.1. The number of hydrogen-bond donors (Lipinski definition) is 4. The van der Waals surface area contributed by atoms with Crippen molar-refractivity contribution < 1.29 is 53.8 Å². The van der Waals surface area contributed by atoms with E-state index >= 15 is 0 Å². The molecule has 0 bridgehead atoms. The van der Waals surface area contributed by atoms with E-state index in [-0.39, 0.29) is 71.1 Å². The lowest BCUT2D eigenvalue weighted by molar-refractivity contribution is 0.185. The summed E-state index contributed by atoms with van der Waals surface area (Å²) < 4.78 is 135. The Labute approximate surface area is 712 Å². The van der Waals surface area contributed by atoms with Gasteiger partial charge in [-0.25, -0.2) is 53.6 Å². The third-order valence-corrected chi connectivity index (χ3v) is 20.4. The molecule has 0 unspecified atom stereocenters. The van der Waals surface area contributed by atoms with Gasteiger partial charge in [-0.3, -0.25) is 14.4 Å². The number of amidine groups is 1. The molecule has 0 saturated carbocycles. The highest BCUT2D eigenvalue weighted by atomic mass is 79.9. The lowest BCUT2D eigenvalue weighted by Gasteiger charge is -2.33. The Kier molecular flexibility index (Phi) is 36.8. The van der Waals surface area contributed by atoms with E-state index in [1.54, 1.807) is 64.5 Å². The predicted octanol–water partition coefficient (Wildman–Crippen LogP) is 12.4. The van der Waals surface area contributed by atoms with Crippen LogP contribution in [0.5, 0.6) is 0 Å². The molecule has 652 valence electrons. The number of halogens is 10. The summed E-state index contributed by atoms with van der Waals surface area (Å²) in [6.45, 7) is 17.1. The number of nitrogens with one attached hydrogen (secondary N) is 1. The van der Waals surface area contributed by atoms with E-state index in [9.17, 15) is 53.9 Å². The second-order valence-corrected chi connectivity index (χ2v) is 29.2. The molecule has 8 heterocycles. The zero-order valence-electron chi connectivity index (χ0n) is 69.2. The smallest absolute Gasteiger partial charge is 0.324 e. The molecule has 28 nitrogen and oxygen atoms in total. The Hall–Kier alpha value is -12.5. The minimum Gasteiger partial charge on any atom is -0.409 e. The molecule has 14 rings (SSSR count). The maximum atomic E-state index is 13.7. The summed E-state index contributed by atoms with van der Waals surface area (Å²) in [6.07, 6.45) is 9.06. The average Bonchev–Trinajstić information content (AvgIpc) is 1.72. The molecule has 38 heteroatoms. The molecule has 0 atom stereocenters. The van der Waals surface area contributed by atoms with Crippen LogP contribution in [0.1, 0.15) is 81.5 Å². The molecule has 5 aromatic heterocycles. The van der Waals surface area contributed by atoms with Crippen molar-refractivity contribution in [3.05, 3.63) is 251 Å². The highest BCUT2D eigenvalue weighted by molar-refractivity contribution is 9.12. The monoisotopic (exact) mass is 1770 g/mol. The Morgan fingerprint density at radius 2 is 0.870 bits per heavy atom. The van der Waals surface area contributed by atoms with Crippen LogP contribution in [-0.2, 0) is 19.6 Å². The van der Waals surface area contributed by atoms with E-state index in [0.29, 0.717) is 51.7 Å². The van der Waals surface area contributed by atoms with Crippen molar-refractivity contribution >= 4 is 33.8 Å². The van der Waals surface area contributed by atoms with Gasteiger partial charge >= 0.3 is 12.0 Å². The van der Waals surface area contributed by atoms with E-state index in [1.807, 2.05) is 37.2 Å². The minimum atomic E-state index is -1.58. The predicted molar refractivity (Wildman–Crippen MR) is 452 cm³/mol. The molecule has 11 aromatic rings. The summed E-state index contributed by atoms with van der Waals surface area (Å²) in [7, 11) is 12.3. The van der Waals surface area contributed by atoms with Crippen molar-refractivity contribution in [2.45, 2.75) is 97.1 Å². The van der Waals surface area contributed by atoms with E-state index in [2.05, 4.69) is 137 Å². The number of oxime groups is 1. The number of likely N-dealkylation sites (tertiary alicyclic amines) is 3. The van der Waals surface area contributed by atoms with Gasteiger partial charge in [0.05, 0.1) is 36.7 Å². The Bertz CT molecular complexity index is 5530. The van der Waals surface area contributed by atoms with Crippen molar-refractivity contribution in [2.24, 2.45) is 10.9 Å². The Balaban J connectivity index is 0.000000197. The molecule has 3 fully saturated rings. The number of anilines is 2. The summed E-state index contributed by atoms with van der Waals surface area (Å²) in [5.74, 6) is -12.1. The van der Waals surface area contributed by atoms with Crippen LogP contribution < -0.4 is 38.4 Å². The van der Waals surface area contributed by atoms with Gasteiger partial charge in [0, 0.05) is 99.7 Å².